The SMILES string of the molecule is C=CCc1ccc(OCC(O)CSc2cccc[n+]2[O-])c(OC)c1. The monoisotopic (exact) mass is 347 g/mol. The van der Waals surface area contributed by atoms with Crippen molar-refractivity contribution in [3.63, 3.8) is 0 Å². The molecule has 5 nitrogen and oxygen atoms in total. The summed E-state index contributed by atoms with van der Waals surface area (Å²) in [4.78, 5) is 0. The van der Waals surface area contributed by atoms with Crippen molar-refractivity contribution in [1.82, 2.24) is 0 Å². The maximum Gasteiger partial charge on any atom is 0.251 e. The lowest BCUT2D eigenvalue weighted by Gasteiger charge is -2.14. The molecule has 2 rings (SSSR count). The van der Waals surface area contributed by atoms with Gasteiger partial charge in [-0.15, -0.1) is 6.58 Å². The Morgan fingerprint density at radius 3 is 2.88 bits per heavy atom. The highest BCUT2D eigenvalue weighted by molar-refractivity contribution is 7.99. The molecule has 1 heterocycles. The Morgan fingerprint density at radius 2 is 2.17 bits per heavy atom. The van der Waals surface area contributed by atoms with E-state index in [9.17, 15) is 10.3 Å². The Balaban J connectivity index is 1.88. The number of aliphatic hydroxyl groups is 1. The lowest BCUT2D eigenvalue weighted by Crippen LogP contribution is -2.29. The number of allylic oxidation sites excluding steroid dienone is 1. The molecule has 1 N–H and O–H groups in total. The van der Waals surface area contributed by atoms with Gasteiger partial charge < -0.3 is 19.8 Å². The van der Waals surface area contributed by atoms with Crippen LogP contribution < -0.4 is 14.2 Å². The first-order valence-corrected chi connectivity index (χ1v) is 8.52. The first kappa shape index (κ1) is 18.2. The minimum Gasteiger partial charge on any atom is -0.618 e. The van der Waals surface area contributed by atoms with Crippen LogP contribution in [0.25, 0.3) is 0 Å². The smallest absolute Gasteiger partial charge is 0.251 e. The van der Waals surface area contributed by atoms with Crippen LogP contribution in [0.1, 0.15) is 5.56 Å². The van der Waals surface area contributed by atoms with Gasteiger partial charge in [0.2, 0.25) is 0 Å². The fourth-order valence-corrected chi connectivity index (χ4v) is 2.89. The number of nitrogens with zero attached hydrogens (tertiary/aromatic N) is 1. The second-order valence-electron chi connectivity index (χ2n) is 5.12. The van der Waals surface area contributed by atoms with Crippen molar-refractivity contribution in [3.8, 4) is 11.5 Å². The highest BCUT2D eigenvalue weighted by Gasteiger charge is 2.12. The molecule has 0 aliphatic heterocycles. The van der Waals surface area contributed by atoms with E-state index in [1.54, 1.807) is 25.3 Å². The molecule has 0 saturated carbocycles. The summed E-state index contributed by atoms with van der Waals surface area (Å²) in [5, 5.41) is 22.1. The molecule has 0 spiro atoms. The number of aliphatic hydroxyl groups excluding tert-OH is 1. The summed E-state index contributed by atoms with van der Waals surface area (Å²) in [6.07, 6.45) is 3.30. The minimum atomic E-state index is -0.701. The average molecular weight is 347 g/mol. The van der Waals surface area contributed by atoms with Crippen LogP contribution in [0.15, 0.2) is 60.3 Å². The third kappa shape index (κ3) is 5.18. The molecule has 0 amide bonds. The zero-order valence-corrected chi connectivity index (χ0v) is 14.4. The molecule has 0 radical (unpaired) electrons. The fourth-order valence-electron chi connectivity index (χ4n) is 2.06. The van der Waals surface area contributed by atoms with Crippen molar-refractivity contribution in [2.75, 3.05) is 19.5 Å². The number of rotatable bonds is 9. The number of pyridine rings is 1. The third-order valence-corrected chi connectivity index (χ3v) is 4.41. The summed E-state index contributed by atoms with van der Waals surface area (Å²) >= 11 is 1.29. The molecule has 0 fully saturated rings. The van der Waals surface area contributed by atoms with Gasteiger partial charge in [0.15, 0.2) is 17.7 Å². The Morgan fingerprint density at radius 1 is 1.33 bits per heavy atom. The molecule has 128 valence electrons. The number of hydrogen-bond donors (Lipinski definition) is 1. The molecular weight excluding hydrogens is 326 g/mol. The lowest BCUT2D eigenvalue weighted by atomic mass is 10.1. The second-order valence-corrected chi connectivity index (χ2v) is 6.16. The maximum absolute atomic E-state index is 11.5. The van der Waals surface area contributed by atoms with E-state index in [4.69, 9.17) is 9.47 Å². The van der Waals surface area contributed by atoms with Gasteiger partial charge in [-0.05, 0) is 30.2 Å². The first-order chi connectivity index (χ1) is 11.6. The van der Waals surface area contributed by atoms with Crippen molar-refractivity contribution in [1.29, 1.82) is 0 Å². The normalized spacial score (nSPS) is 11.8. The van der Waals surface area contributed by atoms with E-state index >= 15 is 0 Å². The highest BCUT2D eigenvalue weighted by atomic mass is 32.2. The van der Waals surface area contributed by atoms with Gasteiger partial charge >= 0.3 is 0 Å². The third-order valence-electron chi connectivity index (χ3n) is 3.25. The molecule has 0 aliphatic carbocycles. The van der Waals surface area contributed by atoms with Crippen LogP contribution in [-0.2, 0) is 6.42 Å². The average Bonchev–Trinajstić information content (AvgIpc) is 2.60. The summed E-state index contributed by atoms with van der Waals surface area (Å²) < 4.78 is 11.7. The van der Waals surface area contributed by atoms with Crippen LogP contribution >= 0.6 is 11.8 Å². The van der Waals surface area contributed by atoms with Crippen molar-refractivity contribution in [2.24, 2.45) is 0 Å². The Kier molecular flexibility index (Phi) is 6.96. The number of aromatic nitrogens is 1. The summed E-state index contributed by atoms with van der Waals surface area (Å²) in [5.41, 5.74) is 1.08. The van der Waals surface area contributed by atoms with E-state index in [2.05, 4.69) is 6.58 Å². The molecule has 1 aromatic heterocycles. The van der Waals surface area contributed by atoms with Gasteiger partial charge in [-0.25, -0.2) is 0 Å². The molecule has 2 aromatic rings. The van der Waals surface area contributed by atoms with E-state index < -0.39 is 6.10 Å². The van der Waals surface area contributed by atoms with Crippen molar-refractivity contribution in [3.05, 3.63) is 66.0 Å². The van der Waals surface area contributed by atoms with E-state index in [0.29, 0.717) is 22.3 Å². The predicted octanol–water partition coefficient (Wildman–Crippen LogP) is 2.59. The lowest BCUT2D eigenvalue weighted by molar-refractivity contribution is -0.645. The van der Waals surface area contributed by atoms with Gasteiger partial charge in [-0.2, -0.15) is 4.73 Å². The van der Waals surface area contributed by atoms with Crippen molar-refractivity contribution in [2.45, 2.75) is 17.6 Å². The summed E-state index contributed by atoms with van der Waals surface area (Å²) in [6.45, 7) is 3.83. The standard InChI is InChI=1S/C18H21NO4S/c1-3-6-14-8-9-16(17(11-14)22-2)23-12-15(20)13-24-18-7-4-5-10-19(18)21/h3-5,7-11,15,20H,1,6,12-13H2,2H3. The topological polar surface area (TPSA) is 65.6 Å². The molecule has 1 unspecified atom stereocenters. The Hall–Kier alpha value is -2.18. The van der Waals surface area contributed by atoms with Gasteiger partial charge in [0.25, 0.3) is 5.03 Å². The largest absolute Gasteiger partial charge is 0.618 e. The van der Waals surface area contributed by atoms with Crippen LogP contribution in [0, 0.1) is 5.21 Å². The van der Waals surface area contributed by atoms with E-state index in [1.165, 1.54) is 18.0 Å². The Labute approximate surface area is 146 Å². The van der Waals surface area contributed by atoms with Crippen LogP contribution in [-0.4, -0.2) is 30.7 Å². The number of hydrogen-bond acceptors (Lipinski definition) is 5. The minimum absolute atomic E-state index is 0.121. The molecule has 1 aromatic carbocycles. The zero-order chi connectivity index (χ0) is 17.4. The molecule has 24 heavy (non-hydrogen) atoms. The maximum atomic E-state index is 11.5. The predicted molar refractivity (Wildman–Crippen MR) is 94.5 cm³/mol. The molecule has 0 bridgehead atoms. The van der Waals surface area contributed by atoms with Gasteiger partial charge in [0.05, 0.1) is 13.2 Å². The molecule has 1 atom stereocenters. The van der Waals surface area contributed by atoms with Crippen LogP contribution in [0.4, 0.5) is 0 Å². The Bertz CT molecular complexity index is 678. The number of ether oxygens (including phenoxy) is 2. The van der Waals surface area contributed by atoms with Gasteiger partial charge in [0.1, 0.15) is 6.61 Å². The van der Waals surface area contributed by atoms with Gasteiger partial charge in [0, 0.05) is 17.9 Å². The molecule has 0 aliphatic rings. The quantitative estimate of drug-likeness (QED) is 0.327. The molecule has 0 saturated heterocycles. The van der Waals surface area contributed by atoms with Crippen LogP contribution in [0.2, 0.25) is 0 Å². The van der Waals surface area contributed by atoms with E-state index in [1.807, 2.05) is 24.3 Å². The van der Waals surface area contributed by atoms with E-state index in [-0.39, 0.29) is 6.61 Å². The zero-order valence-electron chi connectivity index (χ0n) is 13.6. The van der Waals surface area contributed by atoms with Crippen LogP contribution in [0.5, 0.6) is 11.5 Å². The van der Waals surface area contributed by atoms with Gasteiger partial charge in [-0.3, -0.25) is 0 Å². The molecular formula is C18H21NO4S. The van der Waals surface area contributed by atoms with Crippen LogP contribution in [0.3, 0.4) is 0 Å². The summed E-state index contributed by atoms with van der Waals surface area (Å²) in [7, 11) is 1.58. The fraction of sp³-hybridized carbons (Fsp3) is 0.278. The number of benzene rings is 1. The van der Waals surface area contributed by atoms with E-state index in [0.717, 1.165) is 16.7 Å². The van der Waals surface area contributed by atoms with Crippen molar-refractivity contribution >= 4 is 11.8 Å². The second kappa shape index (κ2) is 9.20. The highest BCUT2D eigenvalue weighted by Crippen LogP contribution is 2.28. The molecule has 6 heteroatoms. The van der Waals surface area contributed by atoms with Crippen molar-refractivity contribution < 1.29 is 19.3 Å². The number of methoxy groups -OCH3 is 1. The summed E-state index contributed by atoms with van der Waals surface area (Å²) in [5.74, 6) is 1.56. The number of thioether (sulfide) groups is 1. The first-order valence-electron chi connectivity index (χ1n) is 7.53. The summed E-state index contributed by atoms with van der Waals surface area (Å²) in [6, 6.07) is 10.8. The van der Waals surface area contributed by atoms with Gasteiger partial charge in [-0.1, -0.05) is 23.9 Å².